The lowest BCUT2D eigenvalue weighted by Gasteiger charge is -2.33. The Labute approximate surface area is 215 Å². The van der Waals surface area contributed by atoms with Gasteiger partial charge in [-0.15, -0.1) is 0 Å². The minimum atomic E-state index is -0.136. The van der Waals surface area contributed by atoms with Gasteiger partial charge in [-0.1, -0.05) is 42.5 Å². The molecule has 1 N–H and O–H groups in total. The number of amides is 2. The number of aromatic nitrogens is 2. The van der Waals surface area contributed by atoms with Crippen LogP contribution in [0.4, 0.5) is 0 Å². The van der Waals surface area contributed by atoms with Gasteiger partial charge in [-0.3, -0.25) is 14.2 Å². The van der Waals surface area contributed by atoms with E-state index in [0.29, 0.717) is 56.1 Å². The molecule has 0 aliphatic carbocycles. The van der Waals surface area contributed by atoms with Crippen LogP contribution in [-0.4, -0.2) is 50.8 Å². The molecule has 0 radical (unpaired) electrons. The van der Waals surface area contributed by atoms with Crippen molar-refractivity contribution in [3.05, 3.63) is 93.8 Å². The number of nitrogens with zero attached hydrogens (tertiary/aromatic N) is 3. The van der Waals surface area contributed by atoms with Crippen molar-refractivity contribution in [1.29, 1.82) is 0 Å². The zero-order valence-electron chi connectivity index (χ0n) is 21.3. The van der Waals surface area contributed by atoms with Gasteiger partial charge in [0.25, 0.3) is 5.91 Å². The van der Waals surface area contributed by atoms with Gasteiger partial charge in [0.2, 0.25) is 5.91 Å². The zero-order valence-corrected chi connectivity index (χ0v) is 21.3. The van der Waals surface area contributed by atoms with Crippen LogP contribution in [0.3, 0.4) is 0 Å². The molecule has 0 saturated carbocycles. The lowest BCUT2D eigenvalue weighted by atomic mass is 10.0. The van der Waals surface area contributed by atoms with Gasteiger partial charge < -0.3 is 19.2 Å². The van der Waals surface area contributed by atoms with Crippen LogP contribution in [0, 0.1) is 13.8 Å². The summed E-state index contributed by atoms with van der Waals surface area (Å²) in [5, 5.41) is 0. The Balaban J connectivity index is 1.24. The molecule has 0 unspecified atom stereocenters. The fraction of sp³-hybridized carbons (Fsp3) is 0.345. The van der Waals surface area contributed by atoms with Gasteiger partial charge in [0.15, 0.2) is 0 Å². The van der Waals surface area contributed by atoms with Gasteiger partial charge in [-0.2, -0.15) is 0 Å². The predicted octanol–water partition coefficient (Wildman–Crippen LogP) is 4.44. The molecule has 8 nitrogen and oxygen atoms in total. The molecule has 192 valence electrons. The third kappa shape index (κ3) is 5.23. The highest BCUT2D eigenvalue weighted by Gasteiger charge is 2.27. The topological polar surface area (TPSA) is 91.5 Å². The Hall–Kier alpha value is -4.07. The summed E-state index contributed by atoms with van der Waals surface area (Å²) in [7, 11) is 0. The smallest absolute Gasteiger partial charge is 0.326 e. The highest BCUT2D eigenvalue weighted by atomic mass is 16.3. The molecule has 2 aromatic heterocycles. The van der Waals surface area contributed by atoms with E-state index in [4.69, 9.17) is 4.42 Å². The predicted molar refractivity (Wildman–Crippen MR) is 141 cm³/mol. The molecule has 2 amide bonds. The molecule has 1 aliphatic heterocycles. The maximum atomic E-state index is 13.4. The molecule has 0 atom stereocenters. The number of H-pyrrole nitrogens is 1. The highest BCUT2D eigenvalue weighted by molar-refractivity contribution is 5.95. The van der Waals surface area contributed by atoms with Crippen LogP contribution in [-0.2, 0) is 11.3 Å². The summed E-state index contributed by atoms with van der Waals surface area (Å²) in [6, 6.07) is 19.3. The molecule has 1 aliphatic rings. The standard InChI is InChI=1S/C29H32N4O4/c1-20-18-24(21(2)37-20)28(35)32(19-22-8-4-3-5-9-22)17-14-27(34)31-15-12-23(13-16-31)33-26-11-7-6-10-25(26)30-29(33)36/h3-11,18,23H,12-17,19H2,1-2H3,(H,30,36). The number of likely N-dealkylation sites (tertiary alicyclic amines) is 1. The number of piperidine rings is 1. The molecule has 5 rings (SSSR count). The molecular formula is C29H32N4O4. The molecule has 1 fully saturated rings. The molecule has 0 spiro atoms. The number of hydrogen-bond donors (Lipinski definition) is 1. The lowest BCUT2D eigenvalue weighted by Crippen LogP contribution is -2.42. The van der Waals surface area contributed by atoms with Gasteiger partial charge in [0, 0.05) is 38.6 Å². The van der Waals surface area contributed by atoms with Gasteiger partial charge in [-0.05, 0) is 50.5 Å². The molecule has 37 heavy (non-hydrogen) atoms. The Bertz CT molecular complexity index is 1460. The number of carbonyl (C=O) groups is 2. The van der Waals surface area contributed by atoms with Gasteiger partial charge in [0.05, 0.1) is 16.6 Å². The van der Waals surface area contributed by atoms with Crippen molar-refractivity contribution in [2.75, 3.05) is 19.6 Å². The summed E-state index contributed by atoms with van der Waals surface area (Å²) >= 11 is 0. The summed E-state index contributed by atoms with van der Waals surface area (Å²) < 4.78 is 7.41. The van der Waals surface area contributed by atoms with Crippen molar-refractivity contribution in [2.24, 2.45) is 0 Å². The minimum absolute atomic E-state index is 0.0238. The number of fused-ring (bicyclic) bond motifs is 1. The summed E-state index contributed by atoms with van der Waals surface area (Å²) in [5.74, 6) is 1.16. The first-order chi connectivity index (χ1) is 17.9. The van der Waals surface area contributed by atoms with Crippen molar-refractivity contribution in [3.63, 3.8) is 0 Å². The molecule has 1 saturated heterocycles. The van der Waals surface area contributed by atoms with Gasteiger partial charge >= 0.3 is 5.69 Å². The van der Waals surface area contributed by atoms with Crippen molar-refractivity contribution < 1.29 is 14.0 Å². The summed E-state index contributed by atoms with van der Waals surface area (Å²) in [6.07, 6.45) is 1.67. The first kappa shape index (κ1) is 24.6. The molecule has 2 aromatic carbocycles. The van der Waals surface area contributed by atoms with E-state index in [1.165, 1.54) is 0 Å². The van der Waals surface area contributed by atoms with Gasteiger partial charge in [0.1, 0.15) is 11.5 Å². The first-order valence-corrected chi connectivity index (χ1v) is 12.8. The number of imidazole rings is 1. The average molecular weight is 501 g/mol. The van der Waals surface area contributed by atoms with E-state index in [9.17, 15) is 14.4 Å². The lowest BCUT2D eigenvalue weighted by molar-refractivity contribution is -0.132. The molecule has 8 heteroatoms. The maximum absolute atomic E-state index is 13.4. The number of hydrogen-bond acceptors (Lipinski definition) is 4. The van der Waals surface area contributed by atoms with Crippen LogP contribution in [0.15, 0.2) is 69.9 Å². The largest absolute Gasteiger partial charge is 0.466 e. The van der Waals surface area contributed by atoms with Crippen LogP contribution in [0.25, 0.3) is 11.0 Å². The fourth-order valence-corrected chi connectivity index (χ4v) is 5.27. The maximum Gasteiger partial charge on any atom is 0.326 e. The van der Waals surface area contributed by atoms with Crippen LogP contribution in [0.1, 0.15) is 52.7 Å². The average Bonchev–Trinajstić information content (AvgIpc) is 3.43. The zero-order chi connectivity index (χ0) is 25.9. The first-order valence-electron chi connectivity index (χ1n) is 12.8. The molecule has 4 aromatic rings. The third-order valence-corrected chi connectivity index (χ3v) is 7.18. The quantitative estimate of drug-likeness (QED) is 0.406. The summed E-state index contributed by atoms with van der Waals surface area (Å²) in [4.78, 5) is 45.6. The summed E-state index contributed by atoms with van der Waals surface area (Å²) in [6.45, 7) is 5.52. The van der Waals surface area contributed by atoms with Crippen LogP contribution in [0.2, 0.25) is 0 Å². The van der Waals surface area contributed by atoms with Crippen molar-refractivity contribution in [2.45, 2.75) is 45.7 Å². The second-order valence-electron chi connectivity index (χ2n) is 9.72. The van der Waals surface area contributed by atoms with Crippen LogP contribution < -0.4 is 5.69 Å². The Morgan fingerprint density at radius 1 is 1.03 bits per heavy atom. The number of aryl methyl sites for hydroxylation is 2. The van der Waals surface area contributed by atoms with Crippen LogP contribution in [0.5, 0.6) is 0 Å². The fourth-order valence-electron chi connectivity index (χ4n) is 5.27. The van der Waals surface area contributed by atoms with Crippen molar-refractivity contribution >= 4 is 22.8 Å². The van der Waals surface area contributed by atoms with E-state index in [0.717, 1.165) is 16.6 Å². The minimum Gasteiger partial charge on any atom is -0.466 e. The number of para-hydroxylation sites is 2. The monoisotopic (exact) mass is 500 g/mol. The van der Waals surface area contributed by atoms with E-state index in [-0.39, 0.29) is 30.0 Å². The Morgan fingerprint density at radius 2 is 1.73 bits per heavy atom. The second-order valence-corrected chi connectivity index (χ2v) is 9.72. The second kappa shape index (κ2) is 10.5. The van der Waals surface area contributed by atoms with Crippen molar-refractivity contribution in [3.8, 4) is 0 Å². The highest BCUT2D eigenvalue weighted by Crippen LogP contribution is 2.25. The number of nitrogens with one attached hydrogen (secondary N) is 1. The van der Waals surface area contributed by atoms with Crippen molar-refractivity contribution in [1.82, 2.24) is 19.4 Å². The van der Waals surface area contributed by atoms with E-state index in [1.54, 1.807) is 17.9 Å². The number of aromatic amines is 1. The van der Waals surface area contributed by atoms with E-state index >= 15 is 0 Å². The number of furan rings is 1. The third-order valence-electron chi connectivity index (χ3n) is 7.18. The van der Waals surface area contributed by atoms with E-state index in [2.05, 4.69) is 4.98 Å². The number of carbonyl (C=O) groups excluding carboxylic acids is 2. The van der Waals surface area contributed by atoms with E-state index < -0.39 is 0 Å². The summed E-state index contributed by atoms with van der Waals surface area (Å²) in [5.41, 5.74) is 3.16. The van der Waals surface area contributed by atoms with E-state index in [1.807, 2.05) is 71.0 Å². The molecule has 3 heterocycles. The van der Waals surface area contributed by atoms with Gasteiger partial charge in [-0.25, -0.2) is 4.79 Å². The van der Waals surface area contributed by atoms with Crippen LogP contribution >= 0.6 is 0 Å². The Kier molecular flexibility index (Phi) is 6.99. The Morgan fingerprint density at radius 3 is 2.43 bits per heavy atom. The number of benzene rings is 2. The number of rotatable bonds is 7. The molecule has 0 bridgehead atoms. The SMILES string of the molecule is Cc1cc(C(=O)N(CCC(=O)N2CCC(n3c(=O)[nH]c4ccccc43)CC2)Cc2ccccc2)c(C)o1. The molecular weight excluding hydrogens is 468 g/mol. The normalized spacial score (nSPS) is 14.3.